The highest BCUT2D eigenvalue weighted by Crippen LogP contribution is 2.48. The van der Waals surface area contributed by atoms with Gasteiger partial charge in [0.2, 0.25) is 11.8 Å². The van der Waals surface area contributed by atoms with Gasteiger partial charge in [0.1, 0.15) is 0 Å². The molecule has 0 aromatic rings. The number of allylic oxidation sites excluding steroid dienone is 1. The number of hydrogen-bond donors (Lipinski definition) is 0. The third kappa shape index (κ3) is 2.39. The smallest absolute Gasteiger partial charge is 0.234 e. The van der Waals surface area contributed by atoms with Crippen LogP contribution >= 0.6 is 0 Å². The summed E-state index contributed by atoms with van der Waals surface area (Å²) < 4.78 is 0. The number of rotatable bonds is 2. The molecular weight excluding hydrogens is 264 g/mol. The lowest BCUT2D eigenvalue weighted by Crippen LogP contribution is -2.54. The molecule has 2 aliphatic heterocycles. The normalized spacial score (nSPS) is 30.0. The van der Waals surface area contributed by atoms with Crippen molar-refractivity contribution in [3.05, 3.63) is 11.8 Å². The summed E-state index contributed by atoms with van der Waals surface area (Å²) in [6.07, 6.45) is 9.84. The minimum Gasteiger partial charge on any atom is -0.342 e. The summed E-state index contributed by atoms with van der Waals surface area (Å²) >= 11 is 0. The van der Waals surface area contributed by atoms with Crippen LogP contribution in [0.4, 0.5) is 0 Å². The van der Waals surface area contributed by atoms with E-state index >= 15 is 0 Å². The van der Waals surface area contributed by atoms with E-state index in [2.05, 4.69) is 11.0 Å². The van der Waals surface area contributed by atoms with Gasteiger partial charge in [-0.15, -0.1) is 0 Å². The number of likely N-dealkylation sites (tertiary alicyclic amines) is 2. The molecule has 1 atom stereocenters. The number of fused-ring (bicyclic) bond motifs is 1. The maximum absolute atomic E-state index is 13.2. The van der Waals surface area contributed by atoms with Crippen LogP contribution in [-0.2, 0) is 9.59 Å². The minimum absolute atomic E-state index is 0.188. The monoisotopic (exact) mass is 290 g/mol. The Hall–Kier alpha value is -1.32. The molecule has 0 radical (unpaired) electrons. The molecule has 4 nitrogen and oxygen atoms in total. The average Bonchev–Trinajstić information content (AvgIpc) is 2.55. The molecule has 2 saturated heterocycles. The largest absolute Gasteiger partial charge is 0.342 e. The first-order valence-corrected chi connectivity index (χ1v) is 8.49. The van der Waals surface area contributed by atoms with Crippen molar-refractivity contribution in [2.24, 2.45) is 5.41 Å². The predicted octanol–water partition coefficient (Wildman–Crippen LogP) is 2.70. The molecule has 0 saturated carbocycles. The Kier molecular flexibility index (Phi) is 4.05. The van der Waals surface area contributed by atoms with E-state index in [0.717, 1.165) is 50.9 Å². The molecule has 0 N–H and O–H groups in total. The van der Waals surface area contributed by atoms with E-state index in [-0.39, 0.29) is 5.91 Å². The molecule has 2 fully saturated rings. The zero-order chi connectivity index (χ0) is 14.9. The fourth-order valence-electron chi connectivity index (χ4n) is 4.25. The average molecular weight is 290 g/mol. The summed E-state index contributed by atoms with van der Waals surface area (Å²) in [7, 11) is 0. The summed E-state index contributed by atoms with van der Waals surface area (Å²) in [5.41, 5.74) is 0.613. The molecular formula is C17H26N2O2. The zero-order valence-electron chi connectivity index (χ0n) is 13.1. The molecule has 0 aromatic carbocycles. The van der Waals surface area contributed by atoms with Gasteiger partial charge in [-0.05, 0) is 51.9 Å². The molecule has 1 aliphatic carbocycles. The predicted molar refractivity (Wildman–Crippen MR) is 81.4 cm³/mol. The molecule has 4 heteroatoms. The SMILES string of the molecule is CCN1C(=O)CC[C@]2(C(=O)N3CCCCC3)CCCC=C12. The van der Waals surface area contributed by atoms with Gasteiger partial charge in [0.05, 0.1) is 5.41 Å². The third-order valence-corrected chi connectivity index (χ3v) is 5.36. The Bertz CT molecular complexity index is 465. The Labute approximate surface area is 127 Å². The second-order valence-electron chi connectivity index (χ2n) is 6.55. The van der Waals surface area contributed by atoms with Crippen LogP contribution in [0.5, 0.6) is 0 Å². The van der Waals surface area contributed by atoms with Crippen molar-refractivity contribution in [1.29, 1.82) is 0 Å². The van der Waals surface area contributed by atoms with Crippen LogP contribution < -0.4 is 0 Å². The van der Waals surface area contributed by atoms with Crippen molar-refractivity contribution in [2.75, 3.05) is 19.6 Å². The van der Waals surface area contributed by atoms with Crippen molar-refractivity contribution >= 4 is 11.8 Å². The van der Waals surface area contributed by atoms with Crippen LogP contribution in [-0.4, -0.2) is 41.2 Å². The highest BCUT2D eigenvalue weighted by molar-refractivity contribution is 5.91. The van der Waals surface area contributed by atoms with Gasteiger partial charge in [0, 0.05) is 31.8 Å². The zero-order valence-corrected chi connectivity index (χ0v) is 13.1. The van der Waals surface area contributed by atoms with Crippen molar-refractivity contribution in [3.63, 3.8) is 0 Å². The van der Waals surface area contributed by atoms with E-state index in [1.54, 1.807) is 0 Å². The van der Waals surface area contributed by atoms with Crippen LogP contribution in [0.25, 0.3) is 0 Å². The molecule has 0 spiro atoms. The highest BCUT2D eigenvalue weighted by atomic mass is 16.2. The van der Waals surface area contributed by atoms with Crippen LogP contribution in [0.2, 0.25) is 0 Å². The molecule has 0 unspecified atom stereocenters. The van der Waals surface area contributed by atoms with E-state index in [1.165, 1.54) is 6.42 Å². The highest BCUT2D eigenvalue weighted by Gasteiger charge is 2.50. The van der Waals surface area contributed by atoms with Crippen LogP contribution in [0.3, 0.4) is 0 Å². The summed E-state index contributed by atoms with van der Waals surface area (Å²) in [5.74, 6) is 0.479. The van der Waals surface area contributed by atoms with Crippen molar-refractivity contribution in [3.8, 4) is 0 Å². The van der Waals surface area contributed by atoms with Crippen molar-refractivity contribution in [1.82, 2.24) is 9.80 Å². The first-order chi connectivity index (χ1) is 10.2. The van der Waals surface area contributed by atoms with Gasteiger partial charge in [-0.3, -0.25) is 9.59 Å². The maximum atomic E-state index is 13.2. The van der Waals surface area contributed by atoms with E-state index in [0.29, 0.717) is 25.3 Å². The first kappa shape index (κ1) is 14.6. The van der Waals surface area contributed by atoms with E-state index in [1.807, 2.05) is 11.8 Å². The lowest BCUT2D eigenvalue weighted by molar-refractivity contribution is -0.148. The first-order valence-electron chi connectivity index (χ1n) is 8.49. The number of carbonyl (C=O) groups excluding carboxylic acids is 2. The van der Waals surface area contributed by atoms with Crippen LogP contribution in [0, 0.1) is 5.41 Å². The summed E-state index contributed by atoms with van der Waals surface area (Å²) in [6, 6.07) is 0. The molecule has 3 rings (SSSR count). The van der Waals surface area contributed by atoms with E-state index in [9.17, 15) is 9.59 Å². The van der Waals surface area contributed by atoms with E-state index in [4.69, 9.17) is 0 Å². The van der Waals surface area contributed by atoms with Crippen LogP contribution in [0.15, 0.2) is 11.8 Å². The molecule has 3 aliphatic rings. The quantitative estimate of drug-likeness (QED) is 0.784. The Morgan fingerprint density at radius 2 is 1.95 bits per heavy atom. The van der Waals surface area contributed by atoms with Gasteiger partial charge in [-0.1, -0.05) is 6.08 Å². The molecule has 116 valence electrons. The summed E-state index contributed by atoms with van der Waals surface area (Å²) in [4.78, 5) is 29.3. The number of nitrogens with zero attached hydrogens (tertiary/aromatic N) is 2. The van der Waals surface area contributed by atoms with Gasteiger partial charge in [-0.25, -0.2) is 0 Å². The lowest BCUT2D eigenvalue weighted by atomic mass is 9.68. The number of piperidine rings is 2. The number of hydrogen-bond acceptors (Lipinski definition) is 2. The van der Waals surface area contributed by atoms with E-state index < -0.39 is 5.41 Å². The van der Waals surface area contributed by atoms with Crippen LogP contribution in [0.1, 0.15) is 58.3 Å². The molecule has 21 heavy (non-hydrogen) atoms. The van der Waals surface area contributed by atoms with Crippen molar-refractivity contribution in [2.45, 2.75) is 58.3 Å². The van der Waals surface area contributed by atoms with Gasteiger partial charge in [0.25, 0.3) is 0 Å². The summed E-state index contributed by atoms with van der Waals surface area (Å²) in [5, 5.41) is 0. The Morgan fingerprint density at radius 1 is 1.19 bits per heavy atom. The number of amides is 2. The topological polar surface area (TPSA) is 40.6 Å². The fraction of sp³-hybridized carbons (Fsp3) is 0.765. The molecule has 0 aromatic heterocycles. The van der Waals surface area contributed by atoms with Crippen molar-refractivity contribution < 1.29 is 9.59 Å². The second kappa shape index (κ2) is 5.82. The standard InChI is InChI=1S/C17H26N2O2/c1-2-19-14-8-4-5-10-17(14,11-9-15(19)20)16(21)18-12-6-3-7-13-18/h8H,2-7,9-13H2,1H3/t17-/m1/s1. The third-order valence-electron chi connectivity index (χ3n) is 5.36. The summed E-state index contributed by atoms with van der Waals surface area (Å²) in [6.45, 7) is 4.48. The Morgan fingerprint density at radius 3 is 2.67 bits per heavy atom. The van der Waals surface area contributed by atoms with Gasteiger partial charge < -0.3 is 9.80 Å². The molecule has 0 bridgehead atoms. The van der Waals surface area contributed by atoms with Gasteiger partial charge in [-0.2, -0.15) is 0 Å². The van der Waals surface area contributed by atoms with Gasteiger partial charge >= 0.3 is 0 Å². The van der Waals surface area contributed by atoms with Gasteiger partial charge in [0.15, 0.2) is 0 Å². The lowest BCUT2D eigenvalue weighted by Gasteiger charge is -2.48. The second-order valence-corrected chi connectivity index (χ2v) is 6.55. The molecule has 2 amide bonds. The fourth-order valence-corrected chi connectivity index (χ4v) is 4.25. The maximum Gasteiger partial charge on any atom is 0.234 e. The Balaban J connectivity index is 1.92. The number of carbonyl (C=O) groups is 2. The molecule has 2 heterocycles. The minimum atomic E-state index is -0.403.